The summed E-state index contributed by atoms with van der Waals surface area (Å²) < 4.78 is 10.9. The van der Waals surface area contributed by atoms with Gasteiger partial charge in [0.2, 0.25) is 0 Å². The van der Waals surface area contributed by atoms with Gasteiger partial charge in [0.05, 0.1) is 6.61 Å². The number of amides is 1. The molecule has 0 fully saturated rings. The third kappa shape index (κ3) is 4.74. The summed E-state index contributed by atoms with van der Waals surface area (Å²) in [6.07, 6.45) is 2.70. The molecule has 1 unspecified atom stereocenters. The van der Waals surface area contributed by atoms with Crippen molar-refractivity contribution in [2.24, 2.45) is 0 Å². The molecule has 1 amide bonds. The van der Waals surface area contributed by atoms with Crippen molar-refractivity contribution in [2.45, 2.75) is 52.6 Å². The Balaban J connectivity index is 2.79. The predicted octanol–water partition coefficient (Wildman–Crippen LogP) is 3.93. The lowest BCUT2D eigenvalue weighted by Gasteiger charge is -2.27. The van der Waals surface area contributed by atoms with Crippen LogP contribution < -0.4 is 10.1 Å². The molecule has 0 aliphatic heterocycles. The van der Waals surface area contributed by atoms with E-state index in [1.54, 1.807) is 7.11 Å². The quantitative estimate of drug-likeness (QED) is 0.790. The first-order valence-corrected chi connectivity index (χ1v) is 7.57. The number of ether oxygens (including phenoxy) is 2. The van der Waals surface area contributed by atoms with Gasteiger partial charge in [-0.1, -0.05) is 19.8 Å². The third-order valence-electron chi connectivity index (χ3n) is 3.67. The number of aryl methyl sites for hydroxylation is 1. The summed E-state index contributed by atoms with van der Waals surface area (Å²) in [4.78, 5) is 12.4. The normalized spacial score (nSPS) is 13.6. The molecular formula is C17H27NO3. The number of anilines is 1. The van der Waals surface area contributed by atoms with Gasteiger partial charge in [0.15, 0.2) is 0 Å². The predicted molar refractivity (Wildman–Crippen MR) is 85.9 cm³/mol. The molecule has 0 heterocycles. The smallest absolute Gasteiger partial charge is 0.256 e. The molecule has 0 aliphatic carbocycles. The van der Waals surface area contributed by atoms with Crippen LogP contribution in [0.1, 0.15) is 45.6 Å². The van der Waals surface area contributed by atoms with E-state index >= 15 is 0 Å². The van der Waals surface area contributed by atoms with Gasteiger partial charge in [-0.3, -0.25) is 4.79 Å². The maximum atomic E-state index is 12.4. The zero-order valence-electron chi connectivity index (χ0n) is 13.8. The summed E-state index contributed by atoms with van der Waals surface area (Å²) in [5, 5.41) is 2.93. The number of carbonyl (C=O) groups is 1. The van der Waals surface area contributed by atoms with Crippen LogP contribution in [0.3, 0.4) is 0 Å². The van der Waals surface area contributed by atoms with Gasteiger partial charge in [0.25, 0.3) is 5.91 Å². The molecule has 0 saturated carbocycles. The number of benzene rings is 1. The zero-order valence-corrected chi connectivity index (χ0v) is 13.8. The zero-order chi connectivity index (χ0) is 15.9. The Hall–Kier alpha value is -1.55. The molecule has 1 aromatic carbocycles. The molecule has 0 radical (unpaired) electrons. The lowest BCUT2D eigenvalue weighted by molar-refractivity contribution is -0.136. The fraction of sp³-hybridized carbons (Fsp3) is 0.588. The average molecular weight is 293 g/mol. The number of methoxy groups -OCH3 is 1. The molecule has 118 valence electrons. The van der Waals surface area contributed by atoms with Crippen LogP contribution in [0.5, 0.6) is 5.75 Å². The molecule has 4 nitrogen and oxygen atoms in total. The van der Waals surface area contributed by atoms with E-state index in [1.807, 2.05) is 39.0 Å². The minimum Gasteiger partial charge on any atom is -0.494 e. The fourth-order valence-electron chi connectivity index (χ4n) is 2.13. The first kappa shape index (κ1) is 17.5. The molecule has 0 aromatic heterocycles. The van der Waals surface area contributed by atoms with Crippen LogP contribution >= 0.6 is 0 Å². The summed E-state index contributed by atoms with van der Waals surface area (Å²) in [5.41, 5.74) is 0.978. The minimum absolute atomic E-state index is 0.109. The summed E-state index contributed by atoms with van der Waals surface area (Å²) in [6, 6.07) is 5.65. The molecule has 0 bridgehead atoms. The van der Waals surface area contributed by atoms with E-state index in [-0.39, 0.29) is 5.91 Å². The number of hydrogen-bond donors (Lipinski definition) is 1. The molecular weight excluding hydrogens is 266 g/mol. The van der Waals surface area contributed by atoms with Crippen molar-refractivity contribution >= 4 is 11.6 Å². The second-order valence-corrected chi connectivity index (χ2v) is 5.41. The highest BCUT2D eigenvalue weighted by Crippen LogP contribution is 2.24. The van der Waals surface area contributed by atoms with E-state index < -0.39 is 5.60 Å². The molecule has 1 atom stereocenters. The SMILES string of the molecule is CCCCC(C)(OC)C(=O)Nc1ccc(OCC)c(C)c1. The van der Waals surface area contributed by atoms with Gasteiger partial charge in [0, 0.05) is 12.8 Å². The second kappa shape index (κ2) is 8.03. The Kier molecular flexibility index (Phi) is 6.69. The van der Waals surface area contributed by atoms with Crippen LogP contribution in [0.4, 0.5) is 5.69 Å². The lowest BCUT2D eigenvalue weighted by Crippen LogP contribution is -2.41. The lowest BCUT2D eigenvalue weighted by atomic mass is 9.97. The van der Waals surface area contributed by atoms with Gasteiger partial charge in [-0.15, -0.1) is 0 Å². The fourth-order valence-corrected chi connectivity index (χ4v) is 2.13. The van der Waals surface area contributed by atoms with Crippen molar-refractivity contribution in [1.29, 1.82) is 0 Å². The first-order valence-electron chi connectivity index (χ1n) is 7.57. The molecule has 4 heteroatoms. The molecule has 0 spiro atoms. The number of rotatable bonds is 8. The molecule has 1 aromatic rings. The van der Waals surface area contributed by atoms with Crippen molar-refractivity contribution in [3.63, 3.8) is 0 Å². The molecule has 1 N–H and O–H groups in total. The number of unbranched alkanes of at least 4 members (excludes halogenated alkanes) is 1. The topological polar surface area (TPSA) is 47.6 Å². The Bertz CT molecular complexity index is 473. The highest BCUT2D eigenvalue weighted by atomic mass is 16.5. The maximum Gasteiger partial charge on any atom is 0.256 e. The van der Waals surface area contributed by atoms with E-state index in [0.717, 1.165) is 29.8 Å². The summed E-state index contributed by atoms with van der Waals surface area (Å²) in [6.45, 7) is 8.48. The van der Waals surface area contributed by atoms with E-state index in [9.17, 15) is 4.79 Å². The van der Waals surface area contributed by atoms with Gasteiger partial charge in [0.1, 0.15) is 11.4 Å². The van der Waals surface area contributed by atoms with Gasteiger partial charge in [-0.2, -0.15) is 0 Å². The van der Waals surface area contributed by atoms with Crippen LogP contribution in [-0.4, -0.2) is 25.2 Å². The van der Waals surface area contributed by atoms with Crippen molar-refractivity contribution in [2.75, 3.05) is 19.0 Å². The van der Waals surface area contributed by atoms with Crippen LogP contribution in [-0.2, 0) is 9.53 Å². The average Bonchev–Trinajstić information content (AvgIpc) is 2.47. The summed E-state index contributed by atoms with van der Waals surface area (Å²) >= 11 is 0. The molecule has 1 rings (SSSR count). The van der Waals surface area contributed by atoms with Crippen molar-refractivity contribution in [1.82, 2.24) is 0 Å². The third-order valence-corrected chi connectivity index (χ3v) is 3.67. The Labute approximate surface area is 127 Å². The summed E-state index contributed by atoms with van der Waals surface area (Å²) in [5.74, 6) is 0.734. The number of hydrogen-bond acceptors (Lipinski definition) is 3. The van der Waals surface area contributed by atoms with Crippen molar-refractivity contribution in [3.05, 3.63) is 23.8 Å². The van der Waals surface area contributed by atoms with Crippen LogP contribution in [0.15, 0.2) is 18.2 Å². The van der Waals surface area contributed by atoms with E-state index in [2.05, 4.69) is 12.2 Å². The largest absolute Gasteiger partial charge is 0.494 e. The van der Waals surface area contributed by atoms with Gasteiger partial charge in [-0.05, 0) is 51.0 Å². The van der Waals surface area contributed by atoms with Crippen LogP contribution in [0.2, 0.25) is 0 Å². The van der Waals surface area contributed by atoms with Crippen molar-refractivity contribution in [3.8, 4) is 5.75 Å². The maximum absolute atomic E-state index is 12.4. The Morgan fingerprint density at radius 2 is 2.05 bits per heavy atom. The van der Waals surface area contributed by atoms with E-state index in [4.69, 9.17) is 9.47 Å². The van der Waals surface area contributed by atoms with Gasteiger partial charge >= 0.3 is 0 Å². The van der Waals surface area contributed by atoms with E-state index in [1.165, 1.54) is 0 Å². The van der Waals surface area contributed by atoms with Crippen molar-refractivity contribution < 1.29 is 14.3 Å². The monoisotopic (exact) mass is 293 g/mol. The molecule has 0 saturated heterocycles. The molecule has 0 aliphatic rings. The number of nitrogens with one attached hydrogen (secondary N) is 1. The van der Waals surface area contributed by atoms with E-state index in [0.29, 0.717) is 13.0 Å². The van der Waals surface area contributed by atoms with Crippen LogP contribution in [0.25, 0.3) is 0 Å². The standard InChI is InChI=1S/C17H27NO3/c1-6-8-11-17(4,20-5)16(19)18-14-9-10-15(21-7-2)13(3)12-14/h9-10,12H,6-8,11H2,1-5H3,(H,18,19). The minimum atomic E-state index is -0.789. The summed E-state index contributed by atoms with van der Waals surface area (Å²) in [7, 11) is 1.58. The Morgan fingerprint density at radius 1 is 1.33 bits per heavy atom. The first-order chi connectivity index (χ1) is 9.96. The highest BCUT2D eigenvalue weighted by Gasteiger charge is 2.32. The highest BCUT2D eigenvalue weighted by molar-refractivity contribution is 5.97. The second-order valence-electron chi connectivity index (χ2n) is 5.41. The van der Waals surface area contributed by atoms with Crippen LogP contribution in [0, 0.1) is 6.92 Å². The van der Waals surface area contributed by atoms with Gasteiger partial charge < -0.3 is 14.8 Å². The number of carbonyl (C=O) groups excluding carboxylic acids is 1. The van der Waals surface area contributed by atoms with Gasteiger partial charge in [-0.25, -0.2) is 0 Å². The molecule has 21 heavy (non-hydrogen) atoms. The Morgan fingerprint density at radius 3 is 2.57 bits per heavy atom.